The Bertz CT molecular complexity index is 500. The van der Waals surface area contributed by atoms with Crippen molar-refractivity contribution in [2.75, 3.05) is 19.7 Å². The lowest BCUT2D eigenvalue weighted by molar-refractivity contribution is 0.0282. The van der Waals surface area contributed by atoms with E-state index in [0.29, 0.717) is 12.2 Å². The first-order valence-electron chi connectivity index (χ1n) is 7.59. The number of aliphatic hydroxyl groups is 1. The van der Waals surface area contributed by atoms with Gasteiger partial charge in [0.05, 0.1) is 11.6 Å². The van der Waals surface area contributed by atoms with Gasteiger partial charge in [0.25, 0.3) is 5.91 Å². The number of piperidine rings is 1. The minimum atomic E-state index is -0.224. The molecule has 4 nitrogen and oxygen atoms in total. The number of allylic oxidation sites excluding steroid dienone is 1. The van der Waals surface area contributed by atoms with Crippen LogP contribution in [0.3, 0.4) is 0 Å². The van der Waals surface area contributed by atoms with Gasteiger partial charge >= 0.3 is 0 Å². The van der Waals surface area contributed by atoms with E-state index in [1.165, 1.54) is 0 Å². The lowest BCUT2D eigenvalue weighted by Crippen LogP contribution is -2.47. The number of amides is 1. The van der Waals surface area contributed by atoms with E-state index >= 15 is 0 Å². The molecule has 1 atom stereocenters. The summed E-state index contributed by atoms with van der Waals surface area (Å²) in [6.45, 7) is 7.32. The van der Waals surface area contributed by atoms with E-state index in [1.54, 1.807) is 11.3 Å². The van der Waals surface area contributed by atoms with E-state index in [1.807, 2.05) is 16.4 Å². The second kappa shape index (κ2) is 7.18. The molecular weight excluding hydrogens is 284 g/mol. The van der Waals surface area contributed by atoms with E-state index in [9.17, 15) is 9.90 Å². The lowest BCUT2D eigenvalue weighted by Gasteiger charge is -2.41. The highest BCUT2D eigenvalue weighted by atomic mass is 32.1. The number of likely N-dealkylation sites (tertiary alicyclic amines) is 1. The molecule has 2 heterocycles. The molecule has 1 aliphatic rings. The molecule has 1 fully saturated rings. The van der Waals surface area contributed by atoms with Crippen molar-refractivity contribution >= 4 is 17.2 Å². The summed E-state index contributed by atoms with van der Waals surface area (Å²) in [6.07, 6.45) is 6.41. The Morgan fingerprint density at radius 3 is 3.14 bits per heavy atom. The Hall–Kier alpha value is -1.20. The van der Waals surface area contributed by atoms with Crippen molar-refractivity contribution in [3.05, 3.63) is 28.7 Å². The predicted molar refractivity (Wildman–Crippen MR) is 85.6 cm³/mol. The zero-order chi connectivity index (χ0) is 15.3. The van der Waals surface area contributed by atoms with Crippen molar-refractivity contribution in [1.29, 1.82) is 0 Å². The molecule has 0 bridgehead atoms. The number of hydrogen-bond acceptors (Lipinski definition) is 4. The maximum atomic E-state index is 12.6. The average Bonchev–Trinajstić information content (AvgIpc) is 2.96. The fourth-order valence-electron chi connectivity index (χ4n) is 2.95. The van der Waals surface area contributed by atoms with Crippen molar-refractivity contribution in [3.63, 3.8) is 0 Å². The first-order valence-corrected chi connectivity index (χ1v) is 8.47. The van der Waals surface area contributed by atoms with E-state index in [4.69, 9.17) is 0 Å². The quantitative estimate of drug-likeness (QED) is 0.822. The van der Waals surface area contributed by atoms with Gasteiger partial charge < -0.3 is 10.0 Å². The first kappa shape index (κ1) is 16.2. The number of carbonyl (C=O) groups is 1. The molecule has 0 aromatic carbocycles. The standard InChI is InChI=1S/C16H24N2O2S/c1-3-6-14-17-13(10-21-14)15(20)18-9-5-8-16(11-18,12-19)7-4-2/h4,10,19H,2-3,5-9,11-12H2,1H3/t16-/m1/s1. The van der Waals surface area contributed by atoms with E-state index in [2.05, 4.69) is 18.5 Å². The normalized spacial score (nSPS) is 22.3. The van der Waals surface area contributed by atoms with Crippen LogP contribution >= 0.6 is 11.3 Å². The van der Waals surface area contributed by atoms with Gasteiger partial charge in [-0.2, -0.15) is 0 Å². The number of thiazole rings is 1. The third-order valence-electron chi connectivity index (χ3n) is 4.10. The summed E-state index contributed by atoms with van der Waals surface area (Å²) in [5.74, 6) is -0.00445. The Morgan fingerprint density at radius 1 is 1.67 bits per heavy atom. The van der Waals surface area contributed by atoms with Crippen molar-refractivity contribution in [2.45, 2.75) is 39.0 Å². The molecular formula is C16H24N2O2S. The fourth-order valence-corrected chi connectivity index (χ4v) is 3.82. The van der Waals surface area contributed by atoms with Crippen LogP contribution in [0.4, 0.5) is 0 Å². The molecule has 0 aliphatic carbocycles. The molecule has 0 saturated carbocycles. The Kier molecular flexibility index (Phi) is 5.53. The van der Waals surface area contributed by atoms with Gasteiger partial charge in [-0.15, -0.1) is 17.9 Å². The van der Waals surface area contributed by atoms with Crippen LogP contribution in [0.25, 0.3) is 0 Å². The predicted octanol–water partition coefficient (Wildman–Crippen LogP) is 2.89. The number of aromatic nitrogens is 1. The Balaban J connectivity index is 2.09. The summed E-state index contributed by atoms with van der Waals surface area (Å²) < 4.78 is 0. The van der Waals surface area contributed by atoms with Crippen LogP contribution in [-0.4, -0.2) is 40.6 Å². The first-order chi connectivity index (χ1) is 10.1. The summed E-state index contributed by atoms with van der Waals surface area (Å²) >= 11 is 1.56. The van der Waals surface area contributed by atoms with E-state index in [0.717, 1.165) is 43.7 Å². The molecule has 5 heteroatoms. The number of aliphatic hydroxyl groups excluding tert-OH is 1. The maximum absolute atomic E-state index is 12.6. The van der Waals surface area contributed by atoms with Crippen LogP contribution in [0.1, 0.15) is 48.1 Å². The summed E-state index contributed by atoms with van der Waals surface area (Å²) in [5, 5.41) is 12.6. The average molecular weight is 308 g/mol. The molecule has 2 rings (SSSR count). The van der Waals surface area contributed by atoms with Gasteiger partial charge in [0.1, 0.15) is 5.69 Å². The summed E-state index contributed by atoms with van der Waals surface area (Å²) in [7, 11) is 0. The third-order valence-corrected chi connectivity index (χ3v) is 5.00. The monoisotopic (exact) mass is 308 g/mol. The second-order valence-electron chi connectivity index (χ2n) is 5.86. The van der Waals surface area contributed by atoms with E-state index in [-0.39, 0.29) is 17.9 Å². The highest BCUT2D eigenvalue weighted by Crippen LogP contribution is 2.34. The van der Waals surface area contributed by atoms with Crippen LogP contribution in [0, 0.1) is 5.41 Å². The Labute approximate surface area is 130 Å². The number of hydrogen-bond donors (Lipinski definition) is 1. The van der Waals surface area contributed by atoms with Gasteiger partial charge in [-0.3, -0.25) is 4.79 Å². The number of nitrogens with zero attached hydrogens (tertiary/aromatic N) is 2. The van der Waals surface area contributed by atoms with Crippen LogP contribution < -0.4 is 0 Å². The topological polar surface area (TPSA) is 53.4 Å². The van der Waals surface area contributed by atoms with Gasteiger partial charge in [0.15, 0.2) is 0 Å². The molecule has 0 spiro atoms. The molecule has 0 unspecified atom stereocenters. The van der Waals surface area contributed by atoms with Crippen molar-refractivity contribution < 1.29 is 9.90 Å². The summed E-state index contributed by atoms with van der Waals surface area (Å²) in [5.41, 5.74) is 0.327. The highest BCUT2D eigenvalue weighted by Gasteiger charge is 2.36. The van der Waals surface area contributed by atoms with Gasteiger partial charge in [0.2, 0.25) is 0 Å². The van der Waals surface area contributed by atoms with Crippen LogP contribution in [0.15, 0.2) is 18.0 Å². The van der Waals surface area contributed by atoms with Gasteiger partial charge in [-0.1, -0.05) is 13.0 Å². The largest absolute Gasteiger partial charge is 0.396 e. The number of aryl methyl sites for hydroxylation is 1. The van der Waals surface area contributed by atoms with Crippen LogP contribution in [-0.2, 0) is 6.42 Å². The van der Waals surface area contributed by atoms with Crippen molar-refractivity contribution in [1.82, 2.24) is 9.88 Å². The number of carbonyl (C=O) groups excluding carboxylic acids is 1. The third kappa shape index (κ3) is 3.71. The highest BCUT2D eigenvalue weighted by molar-refractivity contribution is 7.09. The van der Waals surface area contributed by atoms with E-state index < -0.39 is 0 Å². The fraction of sp³-hybridized carbons (Fsp3) is 0.625. The van der Waals surface area contributed by atoms with Gasteiger partial charge in [-0.05, 0) is 32.1 Å². The smallest absolute Gasteiger partial charge is 0.273 e. The van der Waals surface area contributed by atoms with Crippen LogP contribution in [0.5, 0.6) is 0 Å². The summed E-state index contributed by atoms with van der Waals surface area (Å²) in [6, 6.07) is 0. The lowest BCUT2D eigenvalue weighted by atomic mass is 9.78. The summed E-state index contributed by atoms with van der Waals surface area (Å²) in [4.78, 5) is 18.9. The van der Waals surface area contributed by atoms with Gasteiger partial charge in [0, 0.05) is 23.9 Å². The molecule has 0 radical (unpaired) electrons. The molecule has 1 amide bonds. The molecule has 1 aromatic heterocycles. The molecule has 1 N–H and O–H groups in total. The van der Waals surface area contributed by atoms with Crippen molar-refractivity contribution in [2.24, 2.45) is 5.41 Å². The van der Waals surface area contributed by atoms with Gasteiger partial charge in [-0.25, -0.2) is 4.98 Å². The molecule has 21 heavy (non-hydrogen) atoms. The Morgan fingerprint density at radius 2 is 2.48 bits per heavy atom. The molecule has 1 aliphatic heterocycles. The minimum Gasteiger partial charge on any atom is -0.396 e. The maximum Gasteiger partial charge on any atom is 0.273 e. The van der Waals surface area contributed by atoms with Crippen molar-refractivity contribution in [3.8, 4) is 0 Å². The van der Waals surface area contributed by atoms with Crippen LogP contribution in [0.2, 0.25) is 0 Å². The zero-order valence-electron chi connectivity index (χ0n) is 12.7. The SMILES string of the molecule is C=CC[C@@]1(CO)CCCN(C(=O)c2csc(CCC)n2)C1. The zero-order valence-corrected chi connectivity index (χ0v) is 13.5. The molecule has 116 valence electrons. The minimum absolute atomic E-state index is 0.00445. The second-order valence-corrected chi connectivity index (χ2v) is 6.80. The molecule has 1 aromatic rings. The molecule has 1 saturated heterocycles. The number of rotatable bonds is 6.